The van der Waals surface area contributed by atoms with E-state index >= 15 is 0 Å². The van der Waals surface area contributed by atoms with Crippen molar-refractivity contribution in [2.45, 2.75) is 58.5 Å². The number of hydrogen-bond donors (Lipinski definition) is 1. The fourth-order valence-electron chi connectivity index (χ4n) is 3.83. The number of amides is 1. The Bertz CT molecular complexity index is 1050. The van der Waals surface area contributed by atoms with Gasteiger partial charge in [0.25, 0.3) is 5.91 Å². The highest BCUT2D eigenvalue weighted by Gasteiger charge is 2.34. The van der Waals surface area contributed by atoms with Gasteiger partial charge in [-0.05, 0) is 62.3 Å². The van der Waals surface area contributed by atoms with Gasteiger partial charge >= 0.3 is 0 Å². The van der Waals surface area contributed by atoms with Gasteiger partial charge in [0.1, 0.15) is 5.75 Å². The molecule has 2 heterocycles. The van der Waals surface area contributed by atoms with Crippen LogP contribution in [0.5, 0.6) is 5.75 Å². The van der Waals surface area contributed by atoms with E-state index in [1.165, 1.54) is 0 Å². The minimum absolute atomic E-state index is 0.00531. The predicted octanol–water partition coefficient (Wildman–Crippen LogP) is 5.03. The minimum atomic E-state index is -0.0691. The summed E-state index contributed by atoms with van der Waals surface area (Å²) in [5.41, 5.74) is 3.44. The molecule has 4 rings (SSSR count). The van der Waals surface area contributed by atoms with Crippen LogP contribution in [-0.2, 0) is 0 Å². The topological polar surface area (TPSA) is 69.0 Å². The molecule has 2 aromatic heterocycles. The van der Waals surface area contributed by atoms with Crippen molar-refractivity contribution in [3.8, 4) is 5.75 Å². The maximum Gasteiger partial charge on any atom is 0.252 e. The molecule has 0 bridgehead atoms. The third-order valence-electron chi connectivity index (χ3n) is 5.77. The monoisotopic (exact) mass is 406 g/mol. The maximum atomic E-state index is 13.5. The lowest BCUT2D eigenvalue weighted by molar-refractivity contribution is 0.0933. The Morgan fingerprint density at radius 2 is 1.87 bits per heavy atom. The number of fused-ring (bicyclic) bond motifs is 1. The van der Waals surface area contributed by atoms with E-state index in [1.54, 1.807) is 13.3 Å². The van der Waals surface area contributed by atoms with E-state index in [0.29, 0.717) is 11.5 Å². The van der Waals surface area contributed by atoms with Crippen molar-refractivity contribution in [1.82, 2.24) is 20.1 Å². The largest absolute Gasteiger partial charge is 0.497 e. The van der Waals surface area contributed by atoms with Crippen LogP contribution in [0.2, 0.25) is 0 Å². The Kier molecular flexibility index (Phi) is 5.50. The Morgan fingerprint density at radius 3 is 2.43 bits per heavy atom. The van der Waals surface area contributed by atoms with Crippen LogP contribution >= 0.6 is 0 Å². The number of nitrogens with one attached hydrogen (secondary N) is 1. The van der Waals surface area contributed by atoms with Gasteiger partial charge in [0.2, 0.25) is 0 Å². The van der Waals surface area contributed by atoms with Crippen LogP contribution < -0.4 is 10.1 Å². The molecule has 6 nitrogen and oxygen atoms in total. The standard InChI is InChI=1S/C24H30N4O2/c1-14(2)21-12-19(20-13-25-28(15(3)4)23(20)26-21)24(29)27-22(16-6-7-16)17-8-10-18(30-5)11-9-17/h8-16,22H,6-7H2,1-5H3,(H,27,29)/t22-/m1/s1. The SMILES string of the molecule is COc1ccc([C@H](NC(=O)c2cc(C(C)C)nc3c2cnn3C(C)C)C2CC2)cc1. The number of ether oxygens (including phenoxy) is 1. The molecule has 0 saturated heterocycles. The number of nitrogens with zero attached hydrogens (tertiary/aromatic N) is 3. The second-order valence-corrected chi connectivity index (χ2v) is 8.73. The van der Waals surface area contributed by atoms with E-state index in [4.69, 9.17) is 9.72 Å². The summed E-state index contributed by atoms with van der Waals surface area (Å²) in [5, 5.41) is 8.60. The zero-order valence-electron chi connectivity index (χ0n) is 18.3. The number of methoxy groups -OCH3 is 1. The van der Waals surface area contributed by atoms with E-state index in [2.05, 4.69) is 38.1 Å². The van der Waals surface area contributed by atoms with Gasteiger partial charge in [-0.2, -0.15) is 5.10 Å². The molecule has 1 amide bonds. The third kappa shape index (κ3) is 3.91. The van der Waals surface area contributed by atoms with E-state index in [0.717, 1.165) is 40.9 Å². The van der Waals surface area contributed by atoms with Gasteiger partial charge in [-0.1, -0.05) is 26.0 Å². The molecule has 0 spiro atoms. The lowest BCUT2D eigenvalue weighted by Crippen LogP contribution is -2.30. The van der Waals surface area contributed by atoms with E-state index < -0.39 is 0 Å². The minimum Gasteiger partial charge on any atom is -0.497 e. The van der Waals surface area contributed by atoms with Gasteiger partial charge in [-0.25, -0.2) is 9.67 Å². The lowest BCUT2D eigenvalue weighted by atomic mass is 10.0. The molecule has 3 aromatic rings. The maximum absolute atomic E-state index is 13.5. The Labute approximate surface area is 177 Å². The normalized spacial score (nSPS) is 15.0. The van der Waals surface area contributed by atoms with Crippen molar-refractivity contribution >= 4 is 16.9 Å². The number of carbonyl (C=O) groups is 1. The molecular formula is C24H30N4O2. The number of carbonyl (C=O) groups excluding carboxylic acids is 1. The molecular weight excluding hydrogens is 376 g/mol. The van der Waals surface area contributed by atoms with E-state index in [1.807, 2.05) is 35.0 Å². The Balaban J connectivity index is 1.70. The summed E-state index contributed by atoms with van der Waals surface area (Å²) < 4.78 is 7.17. The highest BCUT2D eigenvalue weighted by molar-refractivity contribution is 6.05. The van der Waals surface area contributed by atoms with Crippen molar-refractivity contribution in [2.24, 2.45) is 5.92 Å². The summed E-state index contributed by atoms with van der Waals surface area (Å²) >= 11 is 0. The van der Waals surface area contributed by atoms with Crippen molar-refractivity contribution in [2.75, 3.05) is 7.11 Å². The molecule has 1 aliphatic carbocycles. The fraction of sp³-hybridized carbons (Fsp3) is 0.458. The zero-order valence-corrected chi connectivity index (χ0v) is 18.3. The van der Waals surface area contributed by atoms with Crippen LogP contribution in [0.3, 0.4) is 0 Å². The first kappa shape index (κ1) is 20.4. The Morgan fingerprint density at radius 1 is 1.17 bits per heavy atom. The van der Waals surface area contributed by atoms with Gasteiger partial charge in [0, 0.05) is 11.7 Å². The first-order valence-corrected chi connectivity index (χ1v) is 10.7. The summed E-state index contributed by atoms with van der Waals surface area (Å²) in [5.74, 6) is 1.44. The number of hydrogen-bond acceptors (Lipinski definition) is 4. The molecule has 0 radical (unpaired) electrons. The van der Waals surface area contributed by atoms with E-state index in [-0.39, 0.29) is 23.9 Å². The zero-order chi connectivity index (χ0) is 21.4. The smallest absolute Gasteiger partial charge is 0.252 e. The van der Waals surface area contributed by atoms with Crippen LogP contribution in [0.15, 0.2) is 36.5 Å². The van der Waals surface area contributed by atoms with Gasteiger partial charge < -0.3 is 10.1 Å². The molecule has 0 unspecified atom stereocenters. The summed E-state index contributed by atoms with van der Waals surface area (Å²) in [4.78, 5) is 18.3. The second kappa shape index (κ2) is 8.09. The van der Waals surface area contributed by atoms with Crippen LogP contribution in [0.25, 0.3) is 11.0 Å². The van der Waals surface area contributed by atoms with Gasteiger partial charge in [-0.3, -0.25) is 4.79 Å². The molecule has 1 saturated carbocycles. The number of pyridine rings is 1. The lowest BCUT2D eigenvalue weighted by Gasteiger charge is -2.20. The summed E-state index contributed by atoms with van der Waals surface area (Å²) in [6.45, 7) is 8.33. The van der Waals surface area contributed by atoms with Gasteiger partial charge in [0.15, 0.2) is 5.65 Å². The van der Waals surface area contributed by atoms with Crippen molar-refractivity contribution in [1.29, 1.82) is 0 Å². The molecule has 1 N–H and O–H groups in total. The average molecular weight is 407 g/mol. The van der Waals surface area contributed by atoms with Gasteiger partial charge in [0.05, 0.1) is 30.3 Å². The number of aromatic nitrogens is 3. The second-order valence-electron chi connectivity index (χ2n) is 8.73. The van der Waals surface area contributed by atoms with Crippen LogP contribution in [0.1, 0.15) is 80.2 Å². The predicted molar refractivity (Wildman–Crippen MR) is 118 cm³/mol. The molecule has 6 heteroatoms. The molecule has 1 aliphatic rings. The van der Waals surface area contributed by atoms with Crippen molar-refractivity contribution in [3.05, 3.63) is 53.3 Å². The van der Waals surface area contributed by atoms with Crippen LogP contribution in [0, 0.1) is 5.92 Å². The van der Waals surface area contributed by atoms with Crippen molar-refractivity contribution < 1.29 is 9.53 Å². The number of rotatable bonds is 7. The quantitative estimate of drug-likeness (QED) is 0.598. The van der Waals surface area contributed by atoms with Crippen LogP contribution in [0.4, 0.5) is 0 Å². The number of benzene rings is 1. The third-order valence-corrected chi connectivity index (χ3v) is 5.77. The molecule has 1 aromatic carbocycles. The summed E-state index contributed by atoms with van der Waals surface area (Å²) in [7, 11) is 1.66. The molecule has 1 atom stereocenters. The average Bonchev–Trinajstić information content (AvgIpc) is 3.48. The first-order chi connectivity index (χ1) is 14.4. The van der Waals surface area contributed by atoms with Gasteiger partial charge in [-0.15, -0.1) is 0 Å². The first-order valence-electron chi connectivity index (χ1n) is 10.7. The summed E-state index contributed by atoms with van der Waals surface area (Å²) in [6.07, 6.45) is 4.03. The van der Waals surface area contributed by atoms with Crippen LogP contribution in [-0.4, -0.2) is 27.8 Å². The molecule has 1 fully saturated rings. The highest BCUT2D eigenvalue weighted by atomic mass is 16.5. The van der Waals surface area contributed by atoms with E-state index in [9.17, 15) is 4.79 Å². The highest BCUT2D eigenvalue weighted by Crippen LogP contribution is 2.41. The fourth-order valence-corrected chi connectivity index (χ4v) is 3.83. The molecule has 158 valence electrons. The molecule has 0 aliphatic heterocycles. The molecule has 30 heavy (non-hydrogen) atoms. The van der Waals surface area contributed by atoms with Crippen molar-refractivity contribution in [3.63, 3.8) is 0 Å². The Hall–Kier alpha value is -2.89. The summed E-state index contributed by atoms with van der Waals surface area (Å²) in [6, 6.07) is 10.1.